The van der Waals surface area contributed by atoms with Crippen LogP contribution >= 0.6 is 0 Å². The minimum absolute atomic E-state index is 0.154. The first kappa shape index (κ1) is 9.01. The van der Waals surface area contributed by atoms with Crippen LogP contribution in [-0.2, 0) is 0 Å². The Kier molecular flexibility index (Phi) is 1.73. The first-order valence-corrected chi connectivity index (χ1v) is 5.49. The van der Waals surface area contributed by atoms with Gasteiger partial charge in [0.15, 0.2) is 0 Å². The fraction of sp³-hybridized carbons (Fsp3) is 0.500. The van der Waals surface area contributed by atoms with Crippen molar-refractivity contribution in [1.82, 2.24) is 0 Å². The average Bonchev–Trinajstić information content (AvgIpc) is 2.06. The number of hydrogen-bond donors (Lipinski definition) is 1. The Labute approximate surface area is 88.9 Å². The van der Waals surface area contributed by atoms with Crippen LogP contribution in [0, 0.1) is 11.2 Å². The van der Waals surface area contributed by atoms with Gasteiger partial charge in [0.05, 0.1) is 5.69 Å². The van der Waals surface area contributed by atoms with E-state index in [1.807, 2.05) is 0 Å². The van der Waals surface area contributed by atoms with Gasteiger partial charge in [0.25, 0.3) is 0 Å². The molecule has 15 heavy (non-hydrogen) atoms. The summed E-state index contributed by atoms with van der Waals surface area (Å²) in [5.41, 5.74) is 7.50. The molecular formula is C12H15FN2. The van der Waals surface area contributed by atoms with Crippen molar-refractivity contribution in [3.05, 3.63) is 24.0 Å². The SMILES string of the molecule is Nc1ccc(F)c(N2CC3(CCC3)C2)c1. The third-order valence-corrected chi connectivity index (χ3v) is 3.78. The van der Waals surface area contributed by atoms with Crippen molar-refractivity contribution in [2.24, 2.45) is 5.41 Å². The van der Waals surface area contributed by atoms with E-state index >= 15 is 0 Å². The second-order valence-electron chi connectivity index (χ2n) is 4.92. The van der Waals surface area contributed by atoms with E-state index in [9.17, 15) is 4.39 Å². The normalized spacial score (nSPS) is 22.3. The molecule has 1 saturated carbocycles. The molecule has 3 rings (SSSR count). The van der Waals surface area contributed by atoms with Crippen molar-refractivity contribution in [2.45, 2.75) is 19.3 Å². The Hall–Kier alpha value is -1.25. The first-order chi connectivity index (χ1) is 7.19. The molecular weight excluding hydrogens is 191 g/mol. The van der Waals surface area contributed by atoms with Crippen molar-refractivity contribution in [3.8, 4) is 0 Å². The van der Waals surface area contributed by atoms with Gasteiger partial charge in [-0.1, -0.05) is 6.42 Å². The minimum Gasteiger partial charge on any atom is -0.399 e. The highest BCUT2D eigenvalue weighted by Crippen LogP contribution is 2.49. The number of benzene rings is 1. The highest BCUT2D eigenvalue weighted by molar-refractivity contribution is 5.59. The quantitative estimate of drug-likeness (QED) is 0.715. The molecule has 0 aromatic heterocycles. The molecule has 0 bridgehead atoms. The summed E-state index contributed by atoms with van der Waals surface area (Å²) in [5.74, 6) is -0.154. The van der Waals surface area contributed by atoms with Crippen molar-refractivity contribution < 1.29 is 4.39 Å². The maximum Gasteiger partial charge on any atom is 0.146 e. The molecule has 80 valence electrons. The highest BCUT2D eigenvalue weighted by Gasteiger charge is 2.47. The molecule has 0 atom stereocenters. The van der Waals surface area contributed by atoms with Crippen LogP contribution in [0.15, 0.2) is 18.2 Å². The van der Waals surface area contributed by atoms with Gasteiger partial charge < -0.3 is 10.6 Å². The van der Waals surface area contributed by atoms with Gasteiger partial charge >= 0.3 is 0 Å². The van der Waals surface area contributed by atoms with E-state index in [4.69, 9.17) is 5.73 Å². The van der Waals surface area contributed by atoms with E-state index in [-0.39, 0.29) is 5.82 Å². The molecule has 1 aromatic rings. The van der Waals surface area contributed by atoms with E-state index < -0.39 is 0 Å². The average molecular weight is 206 g/mol. The molecule has 0 amide bonds. The highest BCUT2D eigenvalue weighted by atomic mass is 19.1. The predicted octanol–water partition coefficient (Wildman–Crippen LogP) is 2.40. The molecule has 1 saturated heterocycles. The molecule has 2 nitrogen and oxygen atoms in total. The maximum absolute atomic E-state index is 13.5. The fourth-order valence-electron chi connectivity index (χ4n) is 2.70. The zero-order valence-corrected chi connectivity index (χ0v) is 8.67. The van der Waals surface area contributed by atoms with Gasteiger partial charge in [-0.05, 0) is 31.0 Å². The lowest BCUT2D eigenvalue weighted by Gasteiger charge is -2.57. The number of nitrogens with two attached hydrogens (primary N) is 1. The Morgan fingerprint density at radius 3 is 2.60 bits per heavy atom. The molecule has 0 radical (unpaired) electrons. The second-order valence-corrected chi connectivity index (χ2v) is 4.92. The van der Waals surface area contributed by atoms with E-state index in [0.29, 0.717) is 16.8 Å². The van der Waals surface area contributed by atoms with Gasteiger partial charge in [0.2, 0.25) is 0 Å². The van der Waals surface area contributed by atoms with Gasteiger partial charge in [-0.2, -0.15) is 0 Å². The summed E-state index contributed by atoms with van der Waals surface area (Å²) >= 11 is 0. The van der Waals surface area contributed by atoms with Crippen LogP contribution in [0.1, 0.15) is 19.3 Å². The van der Waals surface area contributed by atoms with Crippen LogP contribution in [0.2, 0.25) is 0 Å². The van der Waals surface area contributed by atoms with Crippen LogP contribution in [0.5, 0.6) is 0 Å². The van der Waals surface area contributed by atoms with E-state index in [1.165, 1.54) is 25.3 Å². The minimum atomic E-state index is -0.154. The second kappa shape index (κ2) is 2.87. The molecule has 0 unspecified atom stereocenters. The molecule has 1 aromatic carbocycles. The molecule has 1 heterocycles. The predicted molar refractivity (Wildman–Crippen MR) is 59.3 cm³/mol. The summed E-state index contributed by atoms with van der Waals surface area (Å²) in [7, 11) is 0. The Morgan fingerprint density at radius 2 is 2.00 bits per heavy atom. The van der Waals surface area contributed by atoms with Crippen LogP contribution in [0.25, 0.3) is 0 Å². The van der Waals surface area contributed by atoms with E-state index in [0.717, 1.165) is 13.1 Å². The molecule has 2 aliphatic rings. The zero-order chi connectivity index (χ0) is 10.5. The molecule has 2 fully saturated rings. The fourth-order valence-corrected chi connectivity index (χ4v) is 2.70. The smallest absolute Gasteiger partial charge is 0.146 e. The molecule has 3 heteroatoms. The standard InChI is InChI=1S/C12H15FN2/c13-10-3-2-9(14)6-11(10)15-7-12(8-15)4-1-5-12/h2-3,6H,1,4-5,7-8,14H2. The summed E-state index contributed by atoms with van der Waals surface area (Å²) in [6.45, 7) is 2.01. The largest absolute Gasteiger partial charge is 0.399 e. The maximum atomic E-state index is 13.5. The number of nitrogen functional groups attached to an aromatic ring is 1. The summed E-state index contributed by atoms with van der Waals surface area (Å²) in [5, 5.41) is 0. The lowest BCUT2D eigenvalue weighted by atomic mass is 9.63. The Balaban J connectivity index is 1.80. The van der Waals surface area contributed by atoms with Crippen LogP contribution in [-0.4, -0.2) is 13.1 Å². The van der Waals surface area contributed by atoms with Gasteiger partial charge in [-0.25, -0.2) is 4.39 Å². The monoisotopic (exact) mass is 206 g/mol. The first-order valence-electron chi connectivity index (χ1n) is 5.49. The number of hydrogen-bond acceptors (Lipinski definition) is 2. The Morgan fingerprint density at radius 1 is 1.27 bits per heavy atom. The molecule has 1 spiro atoms. The van der Waals surface area contributed by atoms with Crippen LogP contribution in [0.3, 0.4) is 0 Å². The topological polar surface area (TPSA) is 29.3 Å². The van der Waals surface area contributed by atoms with E-state index in [2.05, 4.69) is 4.90 Å². The van der Waals surface area contributed by atoms with Gasteiger partial charge in [-0.3, -0.25) is 0 Å². The Bertz CT molecular complexity index is 391. The molecule has 2 N–H and O–H groups in total. The zero-order valence-electron chi connectivity index (χ0n) is 8.67. The lowest BCUT2D eigenvalue weighted by molar-refractivity contribution is 0.0897. The molecule has 1 aliphatic carbocycles. The van der Waals surface area contributed by atoms with Crippen LogP contribution in [0.4, 0.5) is 15.8 Å². The van der Waals surface area contributed by atoms with Crippen molar-refractivity contribution >= 4 is 11.4 Å². The number of anilines is 2. The lowest BCUT2D eigenvalue weighted by Crippen LogP contribution is -2.60. The van der Waals surface area contributed by atoms with Gasteiger partial charge in [0, 0.05) is 24.2 Å². The molecule has 1 aliphatic heterocycles. The number of nitrogens with zero attached hydrogens (tertiary/aromatic N) is 1. The summed E-state index contributed by atoms with van der Waals surface area (Å²) in [6, 6.07) is 4.80. The summed E-state index contributed by atoms with van der Waals surface area (Å²) in [4.78, 5) is 2.10. The summed E-state index contributed by atoms with van der Waals surface area (Å²) in [6.07, 6.45) is 3.97. The van der Waals surface area contributed by atoms with Crippen LogP contribution < -0.4 is 10.6 Å². The number of rotatable bonds is 1. The summed E-state index contributed by atoms with van der Waals surface area (Å²) < 4.78 is 13.5. The van der Waals surface area contributed by atoms with Crippen molar-refractivity contribution in [3.63, 3.8) is 0 Å². The van der Waals surface area contributed by atoms with Gasteiger partial charge in [0.1, 0.15) is 5.82 Å². The van der Waals surface area contributed by atoms with Crippen molar-refractivity contribution in [2.75, 3.05) is 23.7 Å². The van der Waals surface area contributed by atoms with Gasteiger partial charge in [-0.15, -0.1) is 0 Å². The third-order valence-electron chi connectivity index (χ3n) is 3.78. The van der Waals surface area contributed by atoms with Crippen molar-refractivity contribution in [1.29, 1.82) is 0 Å². The van der Waals surface area contributed by atoms with E-state index in [1.54, 1.807) is 12.1 Å². The third kappa shape index (κ3) is 1.29. The number of halogens is 1.